The van der Waals surface area contributed by atoms with Crippen LogP contribution in [0.3, 0.4) is 0 Å². The van der Waals surface area contributed by atoms with Crippen LogP contribution in [0, 0.1) is 5.92 Å². The van der Waals surface area contributed by atoms with Gasteiger partial charge in [0, 0.05) is 22.3 Å². The van der Waals surface area contributed by atoms with Crippen molar-refractivity contribution in [3.8, 4) is 0 Å². The number of thiocarbonyl (C=S) groups is 1. The first-order valence-corrected chi connectivity index (χ1v) is 8.88. The van der Waals surface area contributed by atoms with Gasteiger partial charge < -0.3 is 16.0 Å². The van der Waals surface area contributed by atoms with Crippen molar-refractivity contribution in [2.45, 2.75) is 20.3 Å². The molecule has 2 amide bonds. The summed E-state index contributed by atoms with van der Waals surface area (Å²) in [6, 6.07) is 14.2. The summed E-state index contributed by atoms with van der Waals surface area (Å²) in [6.07, 6.45) is 0.198. The van der Waals surface area contributed by atoms with Crippen molar-refractivity contribution in [2.75, 3.05) is 10.6 Å². The maximum Gasteiger partial charge on any atom is 0.230 e. The molecule has 136 valence electrons. The number of nitrogens with one attached hydrogen (secondary N) is 3. The minimum absolute atomic E-state index is 0.0685. The van der Waals surface area contributed by atoms with Gasteiger partial charge in [-0.2, -0.15) is 0 Å². The van der Waals surface area contributed by atoms with Crippen LogP contribution in [0.2, 0.25) is 5.02 Å². The molecule has 0 aliphatic rings. The number of anilines is 2. The Hall–Kier alpha value is -2.44. The normalized spacial score (nSPS) is 10.3. The van der Waals surface area contributed by atoms with Gasteiger partial charge in [0.05, 0.1) is 6.42 Å². The fourth-order valence-corrected chi connectivity index (χ4v) is 2.44. The van der Waals surface area contributed by atoms with E-state index in [1.54, 1.807) is 48.5 Å². The van der Waals surface area contributed by atoms with Crippen LogP contribution >= 0.6 is 23.8 Å². The van der Waals surface area contributed by atoms with Gasteiger partial charge in [-0.05, 0) is 48.1 Å². The molecule has 0 heterocycles. The van der Waals surface area contributed by atoms with E-state index < -0.39 is 0 Å². The maximum absolute atomic E-state index is 12.1. The molecule has 0 radical (unpaired) electrons. The molecule has 2 aromatic rings. The minimum Gasteiger partial charge on any atom is -0.332 e. The van der Waals surface area contributed by atoms with Crippen LogP contribution < -0.4 is 16.0 Å². The van der Waals surface area contributed by atoms with Crippen molar-refractivity contribution in [3.63, 3.8) is 0 Å². The summed E-state index contributed by atoms with van der Waals surface area (Å²) in [5, 5.41) is 9.19. The lowest BCUT2D eigenvalue weighted by Crippen LogP contribution is -2.35. The van der Waals surface area contributed by atoms with Crippen molar-refractivity contribution in [3.05, 3.63) is 59.1 Å². The van der Waals surface area contributed by atoms with Gasteiger partial charge in [-0.15, -0.1) is 0 Å². The molecule has 0 aliphatic heterocycles. The maximum atomic E-state index is 12.1. The second kappa shape index (κ2) is 9.31. The molecule has 0 aromatic heterocycles. The largest absolute Gasteiger partial charge is 0.332 e. The molecule has 0 saturated carbocycles. The summed E-state index contributed by atoms with van der Waals surface area (Å²) in [4.78, 5) is 23.8. The van der Waals surface area contributed by atoms with Gasteiger partial charge in [-0.1, -0.05) is 43.6 Å². The summed E-state index contributed by atoms with van der Waals surface area (Å²) in [5.74, 6) is -0.407. The number of hydrogen-bond donors (Lipinski definition) is 3. The number of hydrogen-bond acceptors (Lipinski definition) is 3. The molecule has 0 fully saturated rings. The van der Waals surface area contributed by atoms with Crippen molar-refractivity contribution in [1.82, 2.24) is 5.32 Å². The van der Waals surface area contributed by atoms with Crippen LogP contribution in [0.15, 0.2) is 48.5 Å². The molecule has 0 spiro atoms. The van der Waals surface area contributed by atoms with Crippen molar-refractivity contribution in [2.24, 2.45) is 5.92 Å². The Morgan fingerprint density at radius 2 is 1.65 bits per heavy atom. The van der Waals surface area contributed by atoms with Gasteiger partial charge in [0.15, 0.2) is 5.11 Å². The molecule has 7 heteroatoms. The summed E-state index contributed by atoms with van der Waals surface area (Å²) >= 11 is 11.0. The van der Waals surface area contributed by atoms with Crippen molar-refractivity contribution in [1.29, 1.82) is 0 Å². The van der Waals surface area contributed by atoms with E-state index in [0.717, 1.165) is 5.56 Å². The summed E-state index contributed by atoms with van der Waals surface area (Å²) < 4.78 is 0. The van der Waals surface area contributed by atoms with E-state index in [0.29, 0.717) is 16.4 Å². The van der Waals surface area contributed by atoms with Gasteiger partial charge in [-0.3, -0.25) is 9.59 Å². The van der Waals surface area contributed by atoms with E-state index in [4.69, 9.17) is 23.8 Å². The average Bonchev–Trinajstić information content (AvgIpc) is 2.57. The third-order valence-electron chi connectivity index (χ3n) is 3.44. The second-order valence-electron chi connectivity index (χ2n) is 6.03. The smallest absolute Gasteiger partial charge is 0.230 e. The number of halogens is 1. The molecule has 2 aromatic carbocycles. The number of benzene rings is 2. The number of rotatable bonds is 5. The Bertz CT molecular complexity index is 807. The van der Waals surface area contributed by atoms with Crippen molar-refractivity contribution < 1.29 is 9.59 Å². The van der Waals surface area contributed by atoms with E-state index >= 15 is 0 Å². The summed E-state index contributed by atoms with van der Waals surface area (Å²) in [6.45, 7) is 3.64. The zero-order valence-corrected chi connectivity index (χ0v) is 16.1. The van der Waals surface area contributed by atoms with Crippen LogP contribution in [0.4, 0.5) is 11.4 Å². The molecular weight excluding hydrogens is 370 g/mol. The van der Waals surface area contributed by atoms with Gasteiger partial charge in [-0.25, -0.2) is 0 Å². The minimum atomic E-state index is -0.228. The molecular formula is C19H20ClN3O2S. The number of amides is 2. The van der Waals surface area contributed by atoms with Gasteiger partial charge in [0.2, 0.25) is 11.8 Å². The Morgan fingerprint density at radius 1 is 1.04 bits per heavy atom. The topological polar surface area (TPSA) is 70.2 Å². The third-order valence-corrected chi connectivity index (χ3v) is 3.90. The quantitative estimate of drug-likeness (QED) is 0.676. The summed E-state index contributed by atoms with van der Waals surface area (Å²) in [5.41, 5.74) is 2.17. The molecule has 0 atom stereocenters. The zero-order valence-electron chi connectivity index (χ0n) is 14.5. The lowest BCUT2D eigenvalue weighted by atomic mass is 10.1. The Balaban J connectivity index is 1.89. The molecule has 0 unspecified atom stereocenters. The fraction of sp³-hybridized carbons (Fsp3) is 0.211. The first-order chi connectivity index (χ1) is 12.3. The lowest BCUT2D eigenvalue weighted by molar-refractivity contribution is -0.119. The second-order valence-corrected chi connectivity index (χ2v) is 6.87. The van der Waals surface area contributed by atoms with E-state index in [9.17, 15) is 9.59 Å². The van der Waals surface area contributed by atoms with Crippen LogP contribution in [-0.4, -0.2) is 16.9 Å². The van der Waals surface area contributed by atoms with Crippen LogP contribution in [-0.2, 0) is 16.0 Å². The number of carbonyl (C=O) groups excluding carboxylic acids is 2. The first kappa shape index (κ1) is 19.9. The van der Waals surface area contributed by atoms with Crippen molar-refractivity contribution >= 4 is 52.1 Å². The average molecular weight is 390 g/mol. The molecule has 3 N–H and O–H groups in total. The molecule has 2 rings (SSSR count). The Morgan fingerprint density at radius 3 is 2.27 bits per heavy atom. The highest BCUT2D eigenvalue weighted by Gasteiger charge is 2.09. The molecule has 0 aliphatic carbocycles. The van der Waals surface area contributed by atoms with Gasteiger partial charge in [0.25, 0.3) is 0 Å². The molecule has 0 bridgehead atoms. The molecule has 26 heavy (non-hydrogen) atoms. The fourth-order valence-electron chi connectivity index (χ4n) is 2.08. The van der Waals surface area contributed by atoms with Crippen LogP contribution in [0.25, 0.3) is 0 Å². The SMILES string of the molecule is CC(C)C(=O)Nc1cccc(NC(=S)NC(=O)Cc2ccc(Cl)cc2)c1. The Kier molecular flexibility index (Phi) is 7.12. The van der Waals surface area contributed by atoms with Crippen LogP contribution in [0.1, 0.15) is 19.4 Å². The van der Waals surface area contributed by atoms with E-state index in [-0.39, 0.29) is 29.3 Å². The van der Waals surface area contributed by atoms with Crippen LogP contribution in [0.5, 0.6) is 0 Å². The monoisotopic (exact) mass is 389 g/mol. The predicted octanol–water partition coefficient (Wildman–Crippen LogP) is 3.99. The summed E-state index contributed by atoms with van der Waals surface area (Å²) in [7, 11) is 0. The zero-order chi connectivity index (χ0) is 19.1. The lowest BCUT2D eigenvalue weighted by Gasteiger charge is -2.12. The standard InChI is InChI=1S/C19H20ClN3O2S/c1-12(2)18(25)21-15-4-3-5-16(11-15)22-19(26)23-17(24)10-13-6-8-14(20)9-7-13/h3-9,11-12H,10H2,1-2H3,(H,21,25)(H2,22,23,24,26). The predicted molar refractivity (Wildman–Crippen MR) is 109 cm³/mol. The first-order valence-electron chi connectivity index (χ1n) is 8.09. The Labute approximate surface area is 163 Å². The highest BCUT2D eigenvalue weighted by Crippen LogP contribution is 2.16. The van der Waals surface area contributed by atoms with E-state index in [1.807, 2.05) is 13.8 Å². The highest BCUT2D eigenvalue weighted by atomic mass is 35.5. The molecule has 0 saturated heterocycles. The van der Waals surface area contributed by atoms with E-state index in [1.165, 1.54) is 0 Å². The van der Waals surface area contributed by atoms with Gasteiger partial charge in [0.1, 0.15) is 0 Å². The number of carbonyl (C=O) groups is 2. The molecule has 5 nitrogen and oxygen atoms in total. The van der Waals surface area contributed by atoms with E-state index in [2.05, 4.69) is 16.0 Å². The third kappa shape index (κ3) is 6.46. The highest BCUT2D eigenvalue weighted by molar-refractivity contribution is 7.80. The van der Waals surface area contributed by atoms with Gasteiger partial charge >= 0.3 is 0 Å².